The molecule has 94 valence electrons. The first kappa shape index (κ1) is 13.4. The van der Waals surface area contributed by atoms with Crippen LogP contribution in [0.5, 0.6) is 5.75 Å². The summed E-state index contributed by atoms with van der Waals surface area (Å²) < 4.78 is 5.13. The van der Waals surface area contributed by atoms with Gasteiger partial charge >= 0.3 is 0 Å². The van der Waals surface area contributed by atoms with Gasteiger partial charge in [-0.1, -0.05) is 0 Å². The van der Waals surface area contributed by atoms with Crippen molar-refractivity contribution >= 4 is 5.91 Å². The van der Waals surface area contributed by atoms with Crippen LogP contribution in [0.3, 0.4) is 0 Å². The first-order valence-corrected chi connectivity index (χ1v) is 5.60. The van der Waals surface area contributed by atoms with Gasteiger partial charge in [0.05, 0.1) is 18.9 Å². The summed E-state index contributed by atoms with van der Waals surface area (Å²) in [6.45, 7) is 4.89. The lowest BCUT2D eigenvalue weighted by Crippen LogP contribution is -2.40. The van der Waals surface area contributed by atoms with E-state index in [1.807, 2.05) is 13.8 Å². The average molecular weight is 237 g/mol. The molecule has 0 saturated carbocycles. The Balaban J connectivity index is 3.00. The molecule has 1 heterocycles. The van der Waals surface area contributed by atoms with E-state index in [1.54, 1.807) is 17.2 Å². The number of methoxy groups -OCH3 is 1. The lowest BCUT2D eigenvalue weighted by Gasteiger charge is -2.26. The molecule has 5 nitrogen and oxygen atoms in total. The van der Waals surface area contributed by atoms with Crippen molar-refractivity contribution in [2.45, 2.75) is 19.9 Å². The fourth-order valence-electron chi connectivity index (χ4n) is 1.61. The van der Waals surface area contributed by atoms with Crippen LogP contribution in [0, 0.1) is 0 Å². The van der Waals surface area contributed by atoms with Crippen LogP contribution in [-0.4, -0.2) is 42.0 Å². The minimum absolute atomic E-state index is 0.0790. The Labute approximate surface area is 102 Å². The van der Waals surface area contributed by atoms with E-state index in [0.717, 1.165) is 0 Å². The number of aromatic nitrogens is 1. The van der Waals surface area contributed by atoms with E-state index in [-0.39, 0.29) is 11.9 Å². The number of ether oxygens (including phenoxy) is 1. The quantitative estimate of drug-likeness (QED) is 0.826. The average Bonchev–Trinajstić information content (AvgIpc) is 2.34. The van der Waals surface area contributed by atoms with Crippen molar-refractivity contribution in [3.8, 4) is 5.75 Å². The van der Waals surface area contributed by atoms with Gasteiger partial charge in [0.25, 0.3) is 5.91 Å². The highest BCUT2D eigenvalue weighted by Gasteiger charge is 2.21. The molecule has 0 aliphatic rings. The molecule has 0 aliphatic carbocycles. The van der Waals surface area contributed by atoms with Gasteiger partial charge in [-0.15, -0.1) is 0 Å². The first-order chi connectivity index (χ1) is 8.11. The van der Waals surface area contributed by atoms with Crippen LogP contribution in [-0.2, 0) is 0 Å². The van der Waals surface area contributed by atoms with Crippen LogP contribution in [0.25, 0.3) is 0 Å². The van der Waals surface area contributed by atoms with Crippen LogP contribution < -0.4 is 10.5 Å². The summed E-state index contributed by atoms with van der Waals surface area (Å²) >= 11 is 0. The second kappa shape index (κ2) is 6.20. The van der Waals surface area contributed by atoms with Gasteiger partial charge in [0, 0.05) is 25.3 Å². The van der Waals surface area contributed by atoms with E-state index in [4.69, 9.17) is 10.5 Å². The van der Waals surface area contributed by atoms with Gasteiger partial charge in [0.15, 0.2) is 0 Å². The van der Waals surface area contributed by atoms with Crippen LogP contribution in [0.15, 0.2) is 18.5 Å². The Morgan fingerprint density at radius 1 is 1.59 bits per heavy atom. The third kappa shape index (κ3) is 3.17. The largest absolute Gasteiger partial charge is 0.494 e. The lowest BCUT2D eigenvalue weighted by molar-refractivity contribution is 0.0708. The normalized spacial score (nSPS) is 10.4. The SMILES string of the molecule is COc1cnccc1C(=O)N(CCN)C(C)C. The summed E-state index contributed by atoms with van der Waals surface area (Å²) in [4.78, 5) is 18.0. The van der Waals surface area contributed by atoms with Crippen LogP contribution in [0.4, 0.5) is 0 Å². The van der Waals surface area contributed by atoms with Crippen molar-refractivity contribution in [2.75, 3.05) is 20.2 Å². The van der Waals surface area contributed by atoms with E-state index in [2.05, 4.69) is 4.98 Å². The standard InChI is InChI=1S/C12H19N3O2/c1-9(2)15(7-5-13)12(16)10-4-6-14-8-11(10)17-3/h4,6,8-9H,5,7,13H2,1-3H3. The van der Waals surface area contributed by atoms with Crippen LogP contribution in [0.1, 0.15) is 24.2 Å². The number of carbonyl (C=O) groups is 1. The monoisotopic (exact) mass is 237 g/mol. The fraction of sp³-hybridized carbons (Fsp3) is 0.500. The number of hydrogen-bond donors (Lipinski definition) is 1. The van der Waals surface area contributed by atoms with Crippen molar-refractivity contribution in [2.24, 2.45) is 5.73 Å². The Morgan fingerprint density at radius 2 is 2.29 bits per heavy atom. The van der Waals surface area contributed by atoms with Crippen molar-refractivity contribution in [1.82, 2.24) is 9.88 Å². The van der Waals surface area contributed by atoms with Gasteiger partial charge in [0.2, 0.25) is 0 Å². The Bertz CT molecular complexity index is 380. The highest BCUT2D eigenvalue weighted by atomic mass is 16.5. The molecule has 0 saturated heterocycles. The zero-order chi connectivity index (χ0) is 12.8. The minimum Gasteiger partial charge on any atom is -0.494 e. The maximum atomic E-state index is 12.3. The van der Waals surface area contributed by atoms with Gasteiger partial charge in [-0.05, 0) is 19.9 Å². The molecule has 17 heavy (non-hydrogen) atoms. The van der Waals surface area contributed by atoms with Gasteiger partial charge in [-0.2, -0.15) is 0 Å². The fourth-order valence-corrected chi connectivity index (χ4v) is 1.61. The van der Waals surface area contributed by atoms with Gasteiger partial charge in [-0.3, -0.25) is 9.78 Å². The molecule has 0 atom stereocenters. The maximum absolute atomic E-state index is 12.3. The molecule has 1 aromatic heterocycles. The summed E-state index contributed by atoms with van der Waals surface area (Å²) in [6, 6.07) is 1.76. The summed E-state index contributed by atoms with van der Waals surface area (Å²) in [5.74, 6) is 0.407. The molecule has 0 bridgehead atoms. The van der Waals surface area contributed by atoms with Crippen LogP contribution >= 0.6 is 0 Å². The van der Waals surface area contributed by atoms with E-state index >= 15 is 0 Å². The molecule has 0 fully saturated rings. The van der Waals surface area contributed by atoms with Crippen molar-refractivity contribution < 1.29 is 9.53 Å². The minimum atomic E-state index is -0.0790. The van der Waals surface area contributed by atoms with E-state index in [9.17, 15) is 4.79 Å². The van der Waals surface area contributed by atoms with Crippen molar-refractivity contribution in [1.29, 1.82) is 0 Å². The molecular formula is C12H19N3O2. The molecular weight excluding hydrogens is 218 g/mol. The second-order valence-corrected chi connectivity index (χ2v) is 3.96. The van der Waals surface area contributed by atoms with Crippen LogP contribution in [0.2, 0.25) is 0 Å². The van der Waals surface area contributed by atoms with Gasteiger partial charge in [0.1, 0.15) is 5.75 Å². The molecule has 1 rings (SSSR count). The topological polar surface area (TPSA) is 68.5 Å². The number of rotatable bonds is 5. The maximum Gasteiger partial charge on any atom is 0.258 e. The number of nitrogens with zero attached hydrogens (tertiary/aromatic N) is 2. The van der Waals surface area contributed by atoms with Crippen molar-refractivity contribution in [3.63, 3.8) is 0 Å². The predicted molar refractivity (Wildman–Crippen MR) is 66.0 cm³/mol. The third-order valence-electron chi connectivity index (χ3n) is 2.49. The van der Waals surface area contributed by atoms with Gasteiger partial charge in [-0.25, -0.2) is 0 Å². The highest BCUT2D eigenvalue weighted by Crippen LogP contribution is 2.18. The number of nitrogens with two attached hydrogens (primary N) is 1. The molecule has 0 aliphatic heterocycles. The Kier molecular flexibility index (Phi) is 4.90. The summed E-state index contributed by atoms with van der Waals surface area (Å²) in [7, 11) is 1.52. The Morgan fingerprint density at radius 3 is 2.82 bits per heavy atom. The molecule has 0 aromatic carbocycles. The molecule has 2 N–H and O–H groups in total. The predicted octanol–water partition coefficient (Wildman–Crippen LogP) is 0.900. The molecule has 5 heteroatoms. The third-order valence-corrected chi connectivity index (χ3v) is 2.49. The van der Waals surface area contributed by atoms with E-state index in [1.165, 1.54) is 13.3 Å². The summed E-state index contributed by atoms with van der Waals surface area (Å²) in [5.41, 5.74) is 6.03. The van der Waals surface area contributed by atoms with Crippen molar-refractivity contribution in [3.05, 3.63) is 24.0 Å². The Hall–Kier alpha value is -1.62. The second-order valence-electron chi connectivity index (χ2n) is 3.96. The number of amides is 1. The van der Waals surface area contributed by atoms with E-state index in [0.29, 0.717) is 24.4 Å². The summed E-state index contributed by atoms with van der Waals surface area (Å²) in [5, 5.41) is 0. The smallest absolute Gasteiger partial charge is 0.258 e. The summed E-state index contributed by atoms with van der Waals surface area (Å²) in [6.07, 6.45) is 3.12. The first-order valence-electron chi connectivity index (χ1n) is 5.60. The molecule has 1 amide bonds. The molecule has 1 aromatic rings. The molecule has 0 unspecified atom stereocenters. The zero-order valence-corrected chi connectivity index (χ0v) is 10.5. The van der Waals surface area contributed by atoms with Gasteiger partial charge < -0.3 is 15.4 Å². The van der Waals surface area contributed by atoms with E-state index < -0.39 is 0 Å². The number of carbonyl (C=O) groups excluding carboxylic acids is 1. The molecule has 0 spiro atoms. The zero-order valence-electron chi connectivity index (χ0n) is 10.5. The molecule has 0 radical (unpaired) electrons. The number of hydrogen-bond acceptors (Lipinski definition) is 4. The number of pyridine rings is 1. The highest BCUT2D eigenvalue weighted by molar-refractivity contribution is 5.96. The lowest BCUT2D eigenvalue weighted by atomic mass is 10.2.